The van der Waals surface area contributed by atoms with Gasteiger partial charge in [0.2, 0.25) is 0 Å². The number of nitro benzene ring substituents is 1. The summed E-state index contributed by atoms with van der Waals surface area (Å²) >= 11 is 0. The summed E-state index contributed by atoms with van der Waals surface area (Å²) in [6.07, 6.45) is -0.310. The molecule has 2 heterocycles. The number of benzene rings is 1. The van der Waals surface area contributed by atoms with Gasteiger partial charge in [0, 0.05) is 43.6 Å². The third-order valence-corrected chi connectivity index (χ3v) is 5.10. The molecule has 2 saturated heterocycles. The number of piperidine rings is 1. The molecule has 1 amide bonds. The number of nitrogens with zero attached hydrogens (tertiary/aromatic N) is 3. The van der Waals surface area contributed by atoms with Crippen molar-refractivity contribution in [3.8, 4) is 5.75 Å². The van der Waals surface area contributed by atoms with Crippen molar-refractivity contribution in [2.24, 2.45) is 0 Å². The van der Waals surface area contributed by atoms with Gasteiger partial charge in [-0.25, -0.2) is 9.59 Å². The van der Waals surface area contributed by atoms with E-state index in [4.69, 9.17) is 19.0 Å². The maximum absolute atomic E-state index is 12.5. The van der Waals surface area contributed by atoms with Crippen molar-refractivity contribution in [2.75, 3.05) is 26.7 Å². The quantitative estimate of drug-likeness (QED) is 0.388. The van der Waals surface area contributed by atoms with E-state index >= 15 is 0 Å². The summed E-state index contributed by atoms with van der Waals surface area (Å²) in [5, 5.41) is 12.6. The summed E-state index contributed by atoms with van der Waals surface area (Å²) in [5.74, 6) is 0.458. The molecule has 1 spiro atoms. The lowest BCUT2D eigenvalue weighted by Gasteiger charge is -2.36. The van der Waals surface area contributed by atoms with Crippen molar-refractivity contribution < 1.29 is 33.6 Å². The minimum absolute atomic E-state index is 0.0781. The number of amides is 1. The summed E-state index contributed by atoms with van der Waals surface area (Å²) in [7, 11) is 1.47. The van der Waals surface area contributed by atoms with E-state index in [0.717, 1.165) is 0 Å². The van der Waals surface area contributed by atoms with Crippen LogP contribution in [0.15, 0.2) is 18.2 Å². The average molecular weight is 437 g/mol. The Bertz CT molecular complexity index is 858. The Morgan fingerprint density at radius 2 is 1.97 bits per heavy atom. The van der Waals surface area contributed by atoms with Crippen LogP contribution in [0.5, 0.6) is 5.75 Å². The van der Waals surface area contributed by atoms with Gasteiger partial charge in [0.05, 0.1) is 25.1 Å². The fourth-order valence-corrected chi connectivity index (χ4v) is 3.64. The maximum atomic E-state index is 12.5. The SMILES string of the molecule is COc1ccc([N+](=O)[O-])cc1CN1CC2(CCN(OC(=O)OC(C)(C)C)CC2)OC1=O. The zero-order chi connectivity index (χ0) is 22.8. The molecular formula is C20H27N3O8. The first-order chi connectivity index (χ1) is 14.5. The molecule has 0 saturated carbocycles. The van der Waals surface area contributed by atoms with Crippen molar-refractivity contribution >= 4 is 17.9 Å². The van der Waals surface area contributed by atoms with Crippen molar-refractivity contribution in [2.45, 2.75) is 51.4 Å². The van der Waals surface area contributed by atoms with Crippen LogP contribution < -0.4 is 4.74 Å². The number of nitro groups is 1. The van der Waals surface area contributed by atoms with Gasteiger partial charge in [-0.3, -0.25) is 15.0 Å². The van der Waals surface area contributed by atoms with Crippen LogP contribution in [0.4, 0.5) is 15.3 Å². The largest absolute Gasteiger partial charge is 0.528 e. The number of hydrogen-bond donors (Lipinski definition) is 0. The predicted molar refractivity (Wildman–Crippen MR) is 107 cm³/mol. The van der Waals surface area contributed by atoms with E-state index in [1.54, 1.807) is 20.8 Å². The molecule has 31 heavy (non-hydrogen) atoms. The molecule has 11 nitrogen and oxygen atoms in total. The number of hydrogen-bond acceptors (Lipinski definition) is 9. The molecule has 0 unspecified atom stereocenters. The number of methoxy groups -OCH3 is 1. The highest BCUT2D eigenvalue weighted by molar-refractivity contribution is 5.71. The van der Waals surface area contributed by atoms with Gasteiger partial charge in [-0.2, -0.15) is 0 Å². The van der Waals surface area contributed by atoms with Crippen molar-refractivity contribution in [1.82, 2.24) is 9.96 Å². The fourth-order valence-electron chi connectivity index (χ4n) is 3.64. The molecule has 3 rings (SSSR count). The van der Waals surface area contributed by atoms with Crippen LogP contribution in [0.3, 0.4) is 0 Å². The Morgan fingerprint density at radius 3 is 2.55 bits per heavy atom. The van der Waals surface area contributed by atoms with Crippen LogP contribution in [0, 0.1) is 10.1 Å². The molecule has 2 fully saturated rings. The van der Waals surface area contributed by atoms with Gasteiger partial charge in [0.1, 0.15) is 17.0 Å². The molecule has 0 N–H and O–H groups in total. The van der Waals surface area contributed by atoms with Gasteiger partial charge < -0.3 is 19.0 Å². The van der Waals surface area contributed by atoms with E-state index in [0.29, 0.717) is 43.8 Å². The number of non-ortho nitro benzene ring substituents is 1. The predicted octanol–water partition coefficient (Wildman–Crippen LogP) is 3.26. The minimum atomic E-state index is -0.772. The second-order valence-electron chi connectivity index (χ2n) is 8.65. The van der Waals surface area contributed by atoms with Gasteiger partial charge in [-0.15, -0.1) is 5.06 Å². The first-order valence-corrected chi connectivity index (χ1v) is 9.95. The van der Waals surface area contributed by atoms with Crippen molar-refractivity contribution in [1.29, 1.82) is 0 Å². The summed E-state index contributed by atoms with van der Waals surface area (Å²) in [6.45, 7) is 6.50. The van der Waals surface area contributed by atoms with Gasteiger partial charge >= 0.3 is 12.2 Å². The topological polar surface area (TPSA) is 121 Å². The van der Waals surface area contributed by atoms with E-state index in [-0.39, 0.29) is 12.2 Å². The lowest BCUT2D eigenvalue weighted by Crippen LogP contribution is -2.47. The summed E-state index contributed by atoms with van der Waals surface area (Å²) in [6, 6.07) is 4.26. The first kappa shape index (κ1) is 22.6. The lowest BCUT2D eigenvalue weighted by molar-refractivity contribution is -0.384. The third kappa shape index (κ3) is 5.54. The normalized spacial score (nSPS) is 18.6. The minimum Gasteiger partial charge on any atom is -0.496 e. The zero-order valence-corrected chi connectivity index (χ0v) is 18.1. The Labute approximate surface area is 179 Å². The van der Waals surface area contributed by atoms with Crippen molar-refractivity contribution in [3.05, 3.63) is 33.9 Å². The Morgan fingerprint density at radius 1 is 1.29 bits per heavy atom. The van der Waals surface area contributed by atoms with Crippen LogP contribution in [0.2, 0.25) is 0 Å². The molecule has 170 valence electrons. The van der Waals surface area contributed by atoms with Crippen LogP contribution >= 0.6 is 0 Å². The zero-order valence-electron chi connectivity index (χ0n) is 18.1. The highest BCUT2D eigenvalue weighted by atomic mass is 16.8. The molecule has 1 aromatic carbocycles. The second-order valence-corrected chi connectivity index (χ2v) is 8.65. The standard InChI is InChI=1S/C20H27N3O8/c1-19(2,3)30-18(25)31-22-9-7-20(8-10-22)13-21(17(24)29-20)12-14-11-15(23(26)27)5-6-16(14)28-4/h5-6,11H,7-10,12-13H2,1-4H3. The van der Waals surface area contributed by atoms with Gasteiger partial charge in [-0.1, -0.05) is 0 Å². The van der Waals surface area contributed by atoms with E-state index in [1.807, 2.05) is 0 Å². The molecule has 0 bridgehead atoms. The van der Waals surface area contributed by atoms with Crippen LogP contribution in [0.25, 0.3) is 0 Å². The Hall–Kier alpha value is -3.08. The molecule has 0 aromatic heterocycles. The third-order valence-electron chi connectivity index (χ3n) is 5.10. The summed E-state index contributed by atoms with van der Waals surface area (Å²) in [5.41, 5.74) is -0.899. The highest BCUT2D eigenvalue weighted by Crippen LogP contribution is 2.35. The van der Waals surface area contributed by atoms with Crippen LogP contribution in [0.1, 0.15) is 39.2 Å². The second kappa shape index (κ2) is 8.58. The average Bonchev–Trinajstić information content (AvgIpc) is 2.97. The van der Waals surface area contributed by atoms with E-state index in [1.165, 1.54) is 35.3 Å². The van der Waals surface area contributed by atoms with Crippen molar-refractivity contribution in [3.63, 3.8) is 0 Å². The molecule has 11 heteroatoms. The van der Waals surface area contributed by atoms with E-state index in [2.05, 4.69) is 0 Å². The number of rotatable bonds is 5. The molecule has 0 atom stereocenters. The molecule has 2 aliphatic rings. The highest BCUT2D eigenvalue weighted by Gasteiger charge is 2.47. The molecule has 1 aromatic rings. The summed E-state index contributed by atoms with van der Waals surface area (Å²) in [4.78, 5) is 41.7. The first-order valence-electron chi connectivity index (χ1n) is 9.95. The lowest BCUT2D eigenvalue weighted by atomic mass is 9.92. The molecule has 0 aliphatic carbocycles. The Kier molecular flexibility index (Phi) is 6.25. The molecule has 0 radical (unpaired) electrons. The monoisotopic (exact) mass is 437 g/mol. The van der Waals surface area contributed by atoms with Gasteiger partial charge in [-0.05, 0) is 26.8 Å². The van der Waals surface area contributed by atoms with Crippen LogP contribution in [-0.4, -0.2) is 65.1 Å². The smallest absolute Gasteiger partial charge is 0.496 e. The number of hydroxylamine groups is 2. The number of carbonyl (C=O) groups is 2. The number of carbonyl (C=O) groups excluding carboxylic acids is 2. The van der Waals surface area contributed by atoms with Gasteiger partial charge in [0.25, 0.3) is 5.69 Å². The number of ether oxygens (including phenoxy) is 3. The molecular weight excluding hydrogens is 410 g/mol. The van der Waals surface area contributed by atoms with E-state index < -0.39 is 28.4 Å². The van der Waals surface area contributed by atoms with Gasteiger partial charge in [0.15, 0.2) is 0 Å². The Balaban J connectivity index is 1.61. The maximum Gasteiger partial charge on any atom is 0.528 e. The van der Waals surface area contributed by atoms with E-state index in [9.17, 15) is 19.7 Å². The fraction of sp³-hybridized carbons (Fsp3) is 0.600. The summed E-state index contributed by atoms with van der Waals surface area (Å²) < 4.78 is 16.1. The molecule has 2 aliphatic heterocycles. The van der Waals surface area contributed by atoms with Crippen LogP contribution in [-0.2, 0) is 20.9 Å².